The molecule has 47 heavy (non-hydrogen) atoms. The predicted octanol–water partition coefficient (Wildman–Crippen LogP) is 5.62. The van der Waals surface area contributed by atoms with E-state index in [0.717, 1.165) is 4.57 Å². The van der Waals surface area contributed by atoms with Gasteiger partial charge in [-0.15, -0.1) is 0 Å². The molecular weight excluding hydrogens is 614 g/mol. The highest BCUT2D eigenvalue weighted by atomic mass is 35.5. The lowest BCUT2D eigenvalue weighted by Crippen LogP contribution is -2.58. The molecule has 9 heteroatoms. The van der Waals surface area contributed by atoms with E-state index < -0.39 is 34.7 Å². The smallest absolute Gasteiger partial charge is 0.352 e. The lowest BCUT2D eigenvalue weighted by atomic mass is 9.47. The quantitative estimate of drug-likeness (QED) is 0.257. The summed E-state index contributed by atoms with van der Waals surface area (Å²) in [5, 5.41) is 10.6. The van der Waals surface area contributed by atoms with Crippen molar-refractivity contribution in [1.29, 1.82) is 0 Å². The number of hydrogen-bond donors (Lipinski definition) is 1. The number of nitrogens with zero attached hydrogens (tertiary/aromatic N) is 3. The Hall–Kier alpha value is -5.47. The second kappa shape index (κ2) is 10.8. The number of carbonyl (C=O) groups is 2. The number of benzene rings is 4. The van der Waals surface area contributed by atoms with Crippen molar-refractivity contribution in [2.24, 2.45) is 5.92 Å². The Morgan fingerprint density at radius 1 is 0.787 bits per heavy atom. The minimum absolute atomic E-state index is 0.0450. The zero-order valence-corrected chi connectivity index (χ0v) is 25.7. The zero-order chi connectivity index (χ0) is 32.4. The molecule has 1 aromatic heterocycles. The molecule has 4 atom stereocenters. The Morgan fingerprint density at radius 3 is 2.13 bits per heavy atom. The van der Waals surface area contributed by atoms with Gasteiger partial charge in [-0.2, -0.15) is 0 Å². The molecule has 0 spiro atoms. The number of fused-ring (bicyclic) bond motifs is 4. The van der Waals surface area contributed by atoms with Crippen molar-refractivity contribution in [3.63, 3.8) is 0 Å². The standard InChI is InChI=1S/C38H28ClN3O5/c39-31-20-26(43)16-17-27(31)34-28-18-19-40-36(46)41(25-14-8-3-9-15-25)37(47)42(40)32(28)22-30-35(45)29(23-10-4-1-5-11-23)21-33(44)38(30,34)24-12-6-2-7-13-24/h1-18,20-21,30,32,34,43H,19,22H2/t30-,32+,34-,38-/m0/s1. The van der Waals surface area contributed by atoms with Crippen molar-refractivity contribution >= 4 is 28.7 Å². The summed E-state index contributed by atoms with van der Waals surface area (Å²) in [6.45, 7) is 0.0781. The van der Waals surface area contributed by atoms with Crippen LogP contribution in [0.15, 0.2) is 137 Å². The van der Waals surface area contributed by atoms with Crippen LogP contribution in [0.5, 0.6) is 5.75 Å². The highest BCUT2D eigenvalue weighted by Crippen LogP contribution is 2.62. The fourth-order valence-electron chi connectivity index (χ4n) is 8.03. The largest absolute Gasteiger partial charge is 0.508 e. The summed E-state index contributed by atoms with van der Waals surface area (Å²) in [5.74, 6) is -2.26. The molecule has 1 N–H and O–H groups in total. The minimum atomic E-state index is -1.42. The molecule has 0 radical (unpaired) electrons. The molecule has 5 aromatic rings. The van der Waals surface area contributed by atoms with Crippen LogP contribution in [0.25, 0.3) is 11.3 Å². The van der Waals surface area contributed by atoms with Crippen LogP contribution in [0.2, 0.25) is 5.02 Å². The molecule has 8 nitrogen and oxygen atoms in total. The second-order valence-corrected chi connectivity index (χ2v) is 12.6. The molecule has 8 rings (SSSR count). The van der Waals surface area contributed by atoms with Gasteiger partial charge in [0.15, 0.2) is 11.6 Å². The molecule has 2 aliphatic carbocycles. The Bertz CT molecular complexity index is 2270. The Morgan fingerprint density at radius 2 is 1.45 bits per heavy atom. The number of phenolic OH excluding ortho intramolecular Hbond substituents is 1. The molecule has 0 amide bonds. The van der Waals surface area contributed by atoms with Gasteiger partial charge in [0, 0.05) is 22.4 Å². The monoisotopic (exact) mass is 641 g/mol. The number of aromatic hydroxyl groups is 1. The van der Waals surface area contributed by atoms with E-state index >= 15 is 0 Å². The average Bonchev–Trinajstić information content (AvgIpc) is 3.36. The van der Waals surface area contributed by atoms with Crippen molar-refractivity contribution in [1.82, 2.24) is 13.9 Å². The van der Waals surface area contributed by atoms with Gasteiger partial charge in [-0.25, -0.2) is 23.5 Å². The summed E-state index contributed by atoms with van der Waals surface area (Å²) < 4.78 is 3.98. The Kier molecular flexibility index (Phi) is 6.66. The van der Waals surface area contributed by atoms with E-state index in [2.05, 4.69) is 0 Å². The van der Waals surface area contributed by atoms with Gasteiger partial charge < -0.3 is 5.11 Å². The van der Waals surface area contributed by atoms with Gasteiger partial charge in [0.05, 0.1) is 23.7 Å². The first kappa shape index (κ1) is 29.0. The van der Waals surface area contributed by atoms with Gasteiger partial charge in [0.1, 0.15) is 5.75 Å². The molecule has 232 valence electrons. The van der Waals surface area contributed by atoms with Crippen molar-refractivity contribution in [3.05, 3.63) is 170 Å². The van der Waals surface area contributed by atoms with E-state index in [1.807, 2.05) is 60.7 Å². The summed E-state index contributed by atoms with van der Waals surface area (Å²) >= 11 is 6.90. The fraction of sp³-hybridized carbons (Fsp3) is 0.158. The van der Waals surface area contributed by atoms with Gasteiger partial charge >= 0.3 is 11.4 Å². The first-order chi connectivity index (χ1) is 22.8. The number of phenols is 1. The Balaban J connectivity index is 1.43. The number of para-hydroxylation sites is 1. The lowest BCUT2D eigenvalue weighted by Gasteiger charge is -2.54. The van der Waals surface area contributed by atoms with Crippen LogP contribution in [0, 0.1) is 5.92 Å². The number of allylic oxidation sites excluding steroid dienone is 4. The van der Waals surface area contributed by atoms with E-state index in [1.54, 1.807) is 42.5 Å². The molecule has 1 aliphatic heterocycles. The highest BCUT2D eigenvalue weighted by Gasteiger charge is 2.63. The summed E-state index contributed by atoms with van der Waals surface area (Å²) in [6, 6.07) is 30.9. The van der Waals surface area contributed by atoms with Gasteiger partial charge in [-0.05, 0) is 59.0 Å². The van der Waals surface area contributed by atoms with Crippen LogP contribution >= 0.6 is 11.6 Å². The van der Waals surface area contributed by atoms with Crippen molar-refractivity contribution < 1.29 is 14.7 Å². The van der Waals surface area contributed by atoms with Gasteiger partial charge in [0.25, 0.3) is 0 Å². The van der Waals surface area contributed by atoms with Crippen LogP contribution in [0.1, 0.15) is 35.1 Å². The molecule has 4 aromatic carbocycles. The van der Waals surface area contributed by atoms with Crippen LogP contribution < -0.4 is 11.4 Å². The van der Waals surface area contributed by atoms with Crippen molar-refractivity contribution in [2.45, 2.75) is 30.3 Å². The molecule has 0 saturated heterocycles. The number of aromatic nitrogens is 3. The maximum atomic E-state index is 15.0. The zero-order valence-electron chi connectivity index (χ0n) is 25.0. The third-order valence-corrected chi connectivity index (χ3v) is 10.3. The highest BCUT2D eigenvalue weighted by molar-refractivity contribution is 6.33. The summed E-state index contributed by atoms with van der Waals surface area (Å²) in [6.07, 6.45) is 3.45. The minimum Gasteiger partial charge on any atom is -0.508 e. The summed E-state index contributed by atoms with van der Waals surface area (Å²) in [5.41, 5.74) is 0.814. The summed E-state index contributed by atoms with van der Waals surface area (Å²) in [4.78, 5) is 57.9. The normalized spacial score (nSPS) is 23.3. The molecule has 3 aliphatic rings. The number of ketones is 2. The predicted molar refractivity (Wildman–Crippen MR) is 178 cm³/mol. The number of hydrogen-bond acceptors (Lipinski definition) is 5. The van der Waals surface area contributed by atoms with Crippen LogP contribution in [-0.4, -0.2) is 30.6 Å². The maximum Gasteiger partial charge on any atom is 0.352 e. The fourth-order valence-corrected chi connectivity index (χ4v) is 8.31. The molecule has 1 fully saturated rings. The van der Waals surface area contributed by atoms with Crippen molar-refractivity contribution in [3.8, 4) is 11.4 Å². The lowest BCUT2D eigenvalue weighted by molar-refractivity contribution is -0.133. The topological polar surface area (TPSA) is 103 Å². The van der Waals surface area contributed by atoms with Crippen LogP contribution in [0.3, 0.4) is 0 Å². The molecule has 2 heterocycles. The number of carbonyl (C=O) groups excluding carboxylic acids is 2. The number of rotatable bonds is 4. The van der Waals surface area contributed by atoms with E-state index in [4.69, 9.17) is 11.6 Å². The Labute approximate surface area is 274 Å². The third-order valence-electron chi connectivity index (χ3n) is 9.95. The third kappa shape index (κ3) is 4.14. The van der Waals surface area contributed by atoms with E-state index in [1.165, 1.54) is 27.6 Å². The average molecular weight is 642 g/mol. The SMILES string of the molecule is O=C1C(c2ccccc2)=CC(=O)[C@@]2(c3ccccc3)[C@@H](c3ccc(O)cc3Cl)C3=CCn4c(=O)n(-c5ccccc5)c(=O)n4[C@@H]3C[C@@H]12. The van der Waals surface area contributed by atoms with E-state index in [0.29, 0.717) is 33.5 Å². The number of halogens is 1. The molecule has 1 saturated carbocycles. The van der Waals surface area contributed by atoms with E-state index in [9.17, 15) is 24.3 Å². The van der Waals surface area contributed by atoms with Gasteiger partial charge in [-0.3, -0.25) is 9.59 Å². The van der Waals surface area contributed by atoms with Crippen LogP contribution in [0.4, 0.5) is 0 Å². The van der Waals surface area contributed by atoms with Gasteiger partial charge in [0.2, 0.25) is 0 Å². The maximum absolute atomic E-state index is 15.0. The molecular formula is C38H28ClN3O5. The van der Waals surface area contributed by atoms with Crippen molar-refractivity contribution in [2.75, 3.05) is 0 Å². The molecule has 0 bridgehead atoms. The van der Waals surface area contributed by atoms with Crippen LogP contribution in [-0.2, 0) is 21.5 Å². The van der Waals surface area contributed by atoms with E-state index in [-0.39, 0.29) is 35.3 Å². The van der Waals surface area contributed by atoms with Gasteiger partial charge in [-0.1, -0.05) is 103 Å². The second-order valence-electron chi connectivity index (χ2n) is 12.2. The molecule has 0 unspecified atom stereocenters. The first-order valence-corrected chi connectivity index (χ1v) is 15.8. The summed E-state index contributed by atoms with van der Waals surface area (Å²) in [7, 11) is 0. The first-order valence-electron chi connectivity index (χ1n) is 15.4. The number of Topliss-reactive ketones (excluding diaryl/α,β-unsaturated/α-hetero) is 1.